The molecule has 0 amide bonds. The van der Waals surface area contributed by atoms with Gasteiger partial charge in [0.2, 0.25) is 0 Å². The predicted molar refractivity (Wildman–Crippen MR) is 82.4 cm³/mol. The van der Waals surface area contributed by atoms with Gasteiger partial charge in [-0.05, 0) is 6.92 Å². The minimum atomic E-state index is -0.488. The molecule has 0 spiro atoms. The Morgan fingerprint density at radius 2 is 2.13 bits per heavy atom. The van der Waals surface area contributed by atoms with Crippen LogP contribution in [0.2, 0.25) is 0 Å². The molecule has 0 aliphatic carbocycles. The third kappa shape index (κ3) is 2.68. The molecule has 0 unspecified atom stereocenters. The first kappa shape index (κ1) is 14.8. The van der Waals surface area contributed by atoms with E-state index >= 15 is 0 Å². The monoisotopic (exact) mass is 314 g/mol. The number of esters is 1. The SMILES string of the molecule is CCOC(=O)c1cc2occc2n1Cc1ccccc1[N+](=O)[O-]. The van der Waals surface area contributed by atoms with Crippen LogP contribution >= 0.6 is 0 Å². The van der Waals surface area contributed by atoms with Crippen LogP contribution in [0.15, 0.2) is 47.1 Å². The number of ether oxygens (including phenoxy) is 1. The van der Waals surface area contributed by atoms with E-state index in [1.165, 1.54) is 12.3 Å². The number of nitrogens with zero attached hydrogens (tertiary/aromatic N) is 2. The smallest absolute Gasteiger partial charge is 0.355 e. The van der Waals surface area contributed by atoms with Gasteiger partial charge in [-0.15, -0.1) is 0 Å². The summed E-state index contributed by atoms with van der Waals surface area (Å²) < 4.78 is 12.0. The van der Waals surface area contributed by atoms with E-state index in [4.69, 9.17) is 9.15 Å². The van der Waals surface area contributed by atoms with Gasteiger partial charge in [0.25, 0.3) is 5.69 Å². The molecule has 7 nitrogen and oxygen atoms in total. The molecule has 2 aromatic heterocycles. The average Bonchev–Trinajstić information content (AvgIpc) is 3.10. The Morgan fingerprint density at radius 1 is 1.35 bits per heavy atom. The summed E-state index contributed by atoms with van der Waals surface area (Å²) in [4.78, 5) is 22.9. The molecule has 0 saturated heterocycles. The minimum Gasteiger partial charge on any atom is -0.463 e. The van der Waals surface area contributed by atoms with Crippen LogP contribution in [-0.2, 0) is 11.3 Å². The molecule has 0 radical (unpaired) electrons. The van der Waals surface area contributed by atoms with Crippen LogP contribution in [0.5, 0.6) is 0 Å². The molecule has 0 atom stereocenters. The summed E-state index contributed by atoms with van der Waals surface area (Å²) in [6, 6.07) is 9.74. The third-order valence-electron chi connectivity index (χ3n) is 3.52. The van der Waals surface area contributed by atoms with Gasteiger partial charge >= 0.3 is 5.97 Å². The van der Waals surface area contributed by atoms with E-state index in [0.29, 0.717) is 22.4 Å². The molecule has 0 saturated carbocycles. The van der Waals surface area contributed by atoms with Crippen molar-refractivity contribution < 1.29 is 18.9 Å². The van der Waals surface area contributed by atoms with Gasteiger partial charge in [-0.2, -0.15) is 0 Å². The Labute approximate surface area is 131 Å². The number of aromatic nitrogens is 1. The molecule has 0 N–H and O–H groups in total. The van der Waals surface area contributed by atoms with Crippen molar-refractivity contribution in [1.29, 1.82) is 0 Å². The first-order chi connectivity index (χ1) is 11.1. The lowest BCUT2D eigenvalue weighted by atomic mass is 10.2. The van der Waals surface area contributed by atoms with Crippen molar-refractivity contribution in [2.45, 2.75) is 13.5 Å². The van der Waals surface area contributed by atoms with E-state index in [2.05, 4.69) is 0 Å². The van der Waals surface area contributed by atoms with Gasteiger partial charge in [0.1, 0.15) is 5.69 Å². The summed E-state index contributed by atoms with van der Waals surface area (Å²) in [5.74, 6) is -0.488. The number of hydrogen-bond acceptors (Lipinski definition) is 5. The molecule has 1 aromatic carbocycles. The molecule has 0 aliphatic heterocycles. The highest BCUT2D eigenvalue weighted by molar-refractivity contribution is 5.94. The molecule has 0 bridgehead atoms. The molecule has 0 fully saturated rings. The van der Waals surface area contributed by atoms with Crippen molar-refractivity contribution in [2.24, 2.45) is 0 Å². The molecular formula is C16H14N2O5. The fraction of sp³-hybridized carbons (Fsp3) is 0.188. The third-order valence-corrected chi connectivity index (χ3v) is 3.52. The maximum atomic E-state index is 12.1. The summed E-state index contributed by atoms with van der Waals surface area (Å²) >= 11 is 0. The van der Waals surface area contributed by atoms with Crippen LogP contribution in [0.3, 0.4) is 0 Å². The van der Waals surface area contributed by atoms with Crippen LogP contribution in [-0.4, -0.2) is 22.1 Å². The van der Waals surface area contributed by atoms with Crippen LogP contribution in [0, 0.1) is 10.1 Å². The van der Waals surface area contributed by atoms with Gasteiger partial charge in [-0.25, -0.2) is 4.79 Å². The standard InChI is InChI=1S/C16H14N2O5/c1-2-22-16(19)14-9-15-13(7-8-23-15)17(14)10-11-5-3-4-6-12(11)18(20)21/h3-9H,2,10H2,1H3. The molecule has 0 aliphatic rings. The number of benzene rings is 1. The maximum absolute atomic E-state index is 12.1. The second-order valence-corrected chi connectivity index (χ2v) is 4.89. The summed E-state index contributed by atoms with van der Waals surface area (Å²) in [7, 11) is 0. The van der Waals surface area contributed by atoms with Gasteiger partial charge in [-0.1, -0.05) is 18.2 Å². The Kier molecular flexibility index (Phi) is 3.84. The molecule has 7 heteroatoms. The average molecular weight is 314 g/mol. The van der Waals surface area contributed by atoms with Gasteiger partial charge in [-0.3, -0.25) is 10.1 Å². The second kappa shape index (κ2) is 5.96. The number of hydrogen-bond donors (Lipinski definition) is 0. The summed E-state index contributed by atoms with van der Waals surface area (Å²) in [6.45, 7) is 2.14. The summed E-state index contributed by atoms with van der Waals surface area (Å²) in [6.07, 6.45) is 1.51. The van der Waals surface area contributed by atoms with E-state index in [1.807, 2.05) is 0 Å². The van der Waals surface area contributed by atoms with Crippen molar-refractivity contribution in [3.63, 3.8) is 0 Å². The fourth-order valence-electron chi connectivity index (χ4n) is 2.51. The van der Waals surface area contributed by atoms with Crippen molar-refractivity contribution >= 4 is 22.8 Å². The van der Waals surface area contributed by atoms with Crippen LogP contribution in [0.1, 0.15) is 23.0 Å². The summed E-state index contributed by atoms with van der Waals surface area (Å²) in [5.41, 5.74) is 2.03. The second-order valence-electron chi connectivity index (χ2n) is 4.89. The molecule has 3 aromatic rings. The van der Waals surface area contributed by atoms with Gasteiger partial charge in [0.15, 0.2) is 5.58 Å². The maximum Gasteiger partial charge on any atom is 0.355 e. The number of carbonyl (C=O) groups is 1. The van der Waals surface area contributed by atoms with E-state index in [-0.39, 0.29) is 18.8 Å². The minimum absolute atomic E-state index is 0.00709. The zero-order valence-corrected chi connectivity index (χ0v) is 12.4. The lowest BCUT2D eigenvalue weighted by Crippen LogP contribution is -2.13. The quantitative estimate of drug-likeness (QED) is 0.409. The van der Waals surface area contributed by atoms with Crippen molar-refractivity contribution in [3.8, 4) is 0 Å². The lowest BCUT2D eigenvalue weighted by Gasteiger charge is -2.09. The number of fused-ring (bicyclic) bond motifs is 1. The van der Waals surface area contributed by atoms with Crippen molar-refractivity contribution in [2.75, 3.05) is 6.61 Å². The van der Waals surface area contributed by atoms with Gasteiger partial charge < -0.3 is 13.7 Å². The first-order valence-electron chi connectivity index (χ1n) is 7.08. The molecule has 2 heterocycles. The number of carbonyl (C=O) groups excluding carboxylic acids is 1. The highest BCUT2D eigenvalue weighted by Crippen LogP contribution is 2.26. The Bertz CT molecular complexity index is 878. The molecule has 23 heavy (non-hydrogen) atoms. The number of rotatable bonds is 5. The van der Waals surface area contributed by atoms with Gasteiger partial charge in [0.05, 0.1) is 29.9 Å². The topological polar surface area (TPSA) is 87.5 Å². The summed E-state index contributed by atoms with van der Waals surface area (Å²) in [5, 5.41) is 11.2. The van der Waals surface area contributed by atoms with Gasteiger partial charge in [0, 0.05) is 23.8 Å². The van der Waals surface area contributed by atoms with E-state index in [1.54, 1.807) is 41.8 Å². The fourth-order valence-corrected chi connectivity index (χ4v) is 2.51. The van der Waals surface area contributed by atoms with E-state index in [0.717, 1.165) is 0 Å². The molecule has 3 rings (SSSR count). The number of furan rings is 1. The molecule has 118 valence electrons. The number of nitro groups is 1. The number of nitro benzene ring substituents is 1. The highest BCUT2D eigenvalue weighted by atomic mass is 16.6. The number of para-hydroxylation sites is 1. The van der Waals surface area contributed by atoms with Crippen LogP contribution < -0.4 is 0 Å². The van der Waals surface area contributed by atoms with Crippen molar-refractivity contribution in [1.82, 2.24) is 4.57 Å². The van der Waals surface area contributed by atoms with Crippen molar-refractivity contribution in [3.05, 3.63) is 64.0 Å². The van der Waals surface area contributed by atoms with E-state index < -0.39 is 10.9 Å². The zero-order valence-electron chi connectivity index (χ0n) is 12.4. The lowest BCUT2D eigenvalue weighted by molar-refractivity contribution is -0.385. The highest BCUT2D eigenvalue weighted by Gasteiger charge is 2.21. The van der Waals surface area contributed by atoms with E-state index in [9.17, 15) is 14.9 Å². The zero-order chi connectivity index (χ0) is 16.4. The Hall–Kier alpha value is -3.09. The normalized spacial score (nSPS) is 10.8. The van der Waals surface area contributed by atoms with Crippen LogP contribution in [0.4, 0.5) is 5.69 Å². The predicted octanol–water partition coefficient (Wildman–Crippen LogP) is 3.37. The first-order valence-corrected chi connectivity index (χ1v) is 7.08. The Morgan fingerprint density at radius 3 is 2.87 bits per heavy atom. The Balaban J connectivity index is 2.09. The van der Waals surface area contributed by atoms with Crippen LogP contribution in [0.25, 0.3) is 11.1 Å². The largest absolute Gasteiger partial charge is 0.463 e. The molecular weight excluding hydrogens is 300 g/mol.